The van der Waals surface area contributed by atoms with E-state index in [2.05, 4.69) is 19.8 Å². The summed E-state index contributed by atoms with van der Waals surface area (Å²) < 4.78 is 7.82. The minimum Gasteiger partial charge on any atom is -0.372 e. The number of morpholine rings is 1. The molecule has 0 spiro atoms. The van der Waals surface area contributed by atoms with Crippen LogP contribution in [-0.2, 0) is 31.3 Å². The first-order valence-electron chi connectivity index (χ1n) is 9.20. The van der Waals surface area contributed by atoms with Crippen LogP contribution < -0.4 is 10.5 Å². The molecule has 0 aliphatic carbocycles. The number of aryl methyl sites for hydroxylation is 1. The van der Waals surface area contributed by atoms with Crippen molar-refractivity contribution in [3.63, 3.8) is 0 Å². The van der Waals surface area contributed by atoms with E-state index in [0.717, 1.165) is 49.7 Å². The van der Waals surface area contributed by atoms with E-state index in [1.54, 1.807) is 0 Å². The highest BCUT2D eigenvalue weighted by Crippen LogP contribution is 2.20. The van der Waals surface area contributed by atoms with Crippen molar-refractivity contribution in [3.05, 3.63) is 39.8 Å². The number of rotatable bonds is 3. The summed E-state index contributed by atoms with van der Waals surface area (Å²) >= 11 is 0. The molecule has 0 bridgehead atoms. The van der Waals surface area contributed by atoms with E-state index >= 15 is 0 Å². The lowest BCUT2D eigenvalue weighted by Crippen LogP contribution is -2.47. The van der Waals surface area contributed by atoms with Gasteiger partial charge in [-0.2, -0.15) is 0 Å². The van der Waals surface area contributed by atoms with E-state index < -0.39 is 0 Å². The Kier molecular flexibility index (Phi) is 4.54. The lowest BCUT2D eigenvalue weighted by Gasteiger charge is -2.36. The number of aromatic amines is 1. The molecular weight excluding hydrogens is 332 g/mol. The fourth-order valence-electron chi connectivity index (χ4n) is 3.87. The molecule has 26 heavy (non-hydrogen) atoms. The van der Waals surface area contributed by atoms with E-state index in [-0.39, 0.29) is 17.8 Å². The summed E-state index contributed by atoms with van der Waals surface area (Å²) in [6.07, 6.45) is 4.74. The summed E-state index contributed by atoms with van der Waals surface area (Å²) in [6, 6.07) is 0. The highest BCUT2D eigenvalue weighted by molar-refractivity contribution is 5.35. The lowest BCUT2D eigenvalue weighted by atomic mass is 10.1. The van der Waals surface area contributed by atoms with E-state index in [9.17, 15) is 4.79 Å². The molecule has 2 aliphatic heterocycles. The molecule has 2 aliphatic rings. The monoisotopic (exact) mass is 358 g/mol. The number of hydrogen-bond acceptors (Lipinski definition) is 6. The second-order valence-electron chi connectivity index (χ2n) is 7.39. The zero-order chi connectivity index (χ0) is 18.3. The van der Waals surface area contributed by atoms with Gasteiger partial charge in [-0.05, 0) is 20.3 Å². The molecule has 0 radical (unpaired) electrons. The summed E-state index contributed by atoms with van der Waals surface area (Å²) in [7, 11) is 2.00. The number of hydrogen-bond donors (Lipinski definition) is 1. The van der Waals surface area contributed by atoms with Gasteiger partial charge >= 0.3 is 0 Å². The first-order valence-corrected chi connectivity index (χ1v) is 9.20. The number of nitrogens with one attached hydrogen (secondary N) is 1. The molecule has 2 aromatic rings. The minimum absolute atomic E-state index is 0.00607. The van der Waals surface area contributed by atoms with Crippen LogP contribution in [0.4, 0.5) is 5.95 Å². The van der Waals surface area contributed by atoms with Gasteiger partial charge < -0.3 is 14.2 Å². The van der Waals surface area contributed by atoms with E-state index in [4.69, 9.17) is 9.72 Å². The number of aromatic nitrogens is 4. The highest BCUT2D eigenvalue weighted by Gasteiger charge is 2.27. The molecule has 2 aromatic heterocycles. The summed E-state index contributed by atoms with van der Waals surface area (Å²) in [5.41, 5.74) is 1.70. The third-order valence-electron chi connectivity index (χ3n) is 5.15. The molecule has 8 heteroatoms. The Morgan fingerprint density at radius 3 is 2.77 bits per heavy atom. The molecule has 0 aromatic carbocycles. The Morgan fingerprint density at radius 2 is 2.08 bits per heavy atom. The molecule has 0 saturated carbocycles. The zero-order valence-corrected chi connectivity index (χ0v) is 15.6. The maximum absolute atomic E-state index is 12.6. The van der Waals surface area contributed by atoms with Crippen molar-refractivity contribution in [2.45, 2.75) is 45.6 Å². The van der Waals surface area contributed by atoms with E-state index in [1.807, 2.05) is 37.9 Å². The van der Waals surface area contributed by atoms with Crippen LogP contribution in [0.15, 0.2) is 17.2 Å². The first-order chi connectivity index (χ1) is 12.5. The van der Waals surface area contributed by atoms with Crippen molar-refractivity contribution in [2.75, 3.05) is 24.5 Å². The summed E-state index contributed by atoms with van der Waals surface area (Å²) in [5.74, 6) is 1.68. The molecular formula is C18H26N6O2. The predicted molar refractivity (Wildman–Crippen MR) is 98.1 cm³/mol. The van der Waals surface area contributed by atoms with Crippen LogP contribution in [-0.4, -0.2) is 56.3 Å². The summed E-state index contributed by atoms with van der Waals surface area (Å²) in [4.78, 5) is 29.2. The lowest BCUT2D eigenvalue weighted by molar-refractivity contribution is -0.00576. The minimum atomic E-state index is -0.00607. The number of anilines is 1. The van der Waals surface area contributed by atoms with Gasteiger partial charge in [-0.1, -0.05) is 0 Å². The largest absolute Gasteiger partial charge is 0.372 e. The third-order valence-corrected chi connectivity index (χ3v) is 5.15. The highest BCUT2D eigenvalue weighted by atomic mass is 16.5. The van der Waals surface area contributed by atoms with Gasteiger partial charge in [-0.3, -0.25) is 14.7 Å². The molecule has 4 rings (SSSR count). The summed E-state index contributed by atoms with van der Waals surface area (Å²) in [6.45, 7) is 7.86. The second kappa shape index (κ2) is 6.85. The fraction of sp³-hybridized carbons (Fsp3) is 0.611. The molecule has 1 fully saturated rings. The molecule has 1 saturated heterocycles. The van der Waals surface area contributed by atoms with Crippen LogP contribution in [0.2, 0.25) is 0 Å². The van der Waals surface area contributed by atoms with Crippen LogP contribution in [0, 0.1) is 0 Å². The Morgan fingerprint density at radius 1 is 1.31 bits per heavy atom. The number of nitrogens with zero attached hydrogens (tertiary/aromatic N) is 5. The quantitative estimate of drug-likeness (QED) is 0.869. The van der Waals surface area contributed by atoms with E-state index in [1.165, 1.54) is 0 Å². The van der Waals surface area contributed by atoms with Gasteiger partial charge in [0.15, 0.2) is 0 Å². The van der Waals surface area contributed by atoms with Crippen LogP contribution in [0.5, 0.6) is 0 Å². The third kappa shape index (κ3) is 3.39. The van der Waals surface area contributed by atoms with Gasteiger partial charge in [-0.25, -0.2) is 9.97 Å². The fourth-order valence-corrected chi connectivity index (χ4v) is 3.87. The van der Waals surface area contributed by atoms with Crippen LogP contribution in [0.25, 0.3) is 0 Å². The zero-order valence-electron chi connectivity index (χ0n) is 15.6. The van der Waals surface area contributed by atoms with Crippen LogP contribution in [0.1, 0.15) is 30.9 Å². The number of ether oxygens (including phenoxy) is 1. The average Bonchev–Trinajstić information content (AvgIpc) is 2.98. The van der Waals surface area contributed by atoms with Crippen molar-refractivity contribution in [2.24, 2.45) is 7.05 Å². The van der Waals surface area contributed by atoms with Gasteiger partial charge in [-0.15, -0.1) is 0 Å². The van der Waals surface area contributed by atoms with Gasteiger partial charge in [0.25, 0.3) is 5.56 Å². The molecule has 2 atom stereocenters. The van der Waals surface area contributed by atoms with Crippen molar-refractivity contribution in [1.82, 2.24) is 24.4 Å². The summed E-state index contributed by atoms with van der Waals surface area (Å²) in [5, 5.41) is 0. The number of fused-ring (bicyclic) bond motifs is 1. The second-order valence-corrected chi connectivity index (χ2v) is 7.39. The van der Waals surface area contributed by atoms with Crippen molar-refractivity contribution < 1.29 is 4.74 Å². The van der Waals surface area contributed by atoms with Crippen LogP contribution >= 0.6 is 0 Å². The normalized spacial score (nSPS) is 23.9. The number of imidazole rings is 1. The van der Waals surface area contributed by atoms with Gasteiger partial charge in [0, 0.05) is 51.2 Å². The Balaban J connectivity index is 1.56. The maximum atomic E-state index is 12.6. The van der Waals surface area contributed by atoms with Crippen molar-refractivity contribution in [1.29, 1.82) is 0 Å². The van der Waals surface area contributed by atoms with Gasteiger partial charge in [0.1, 0.15) is 5.82 Å². The van der Waals surface area contributed by atoms with Crippen LogP contribution in [0.3, 0.4) is 0 Å². The molecule has 4 heterocycles. The molecule has 8 nitrogen and oxygen atoms in total. The number of H-pyrrole nitrogens is 1. The standard InChI is InChI=1S/C18H26N6O2/c1-12-8-24(9-13(2)26-12)18-20-15-10-23(6-4-14(15)17(25)21-18)11-16-19-5-7-22(16)3/h5,7,12-13H,4,6,8-11H2,1-3H3,(H,20,21,25)/t12-,13-/m1/s1. The topological polar surface area (TPSA) is 79.3 Å². The van der Waals surface area contributed by atoms with Gasteiger partial charge in [0.05, 0.1) is 24.4 Å². The van der Waals surface area contributed by atoms with E-state index in [0.29, 0.717) is 12.5 Å². The molecule has 0 unspecified atom stereocenters. The van der Waals surface area contributed by atoms with Crippen molar-refractivity contribution in [3.8, 4) is 0 Å². The first kappa shape index (κ1) is 17.2. The maximum Gasteiger partial charge on any atom is 0.255 e. The smallest absolute Gasteiger partial charge is 0.255 e. The molecule has 140 valence electrons. The Hall–Kier alpha value is -2.19. The SMILES string of the molecule is C[C@@H]1CN(c2nc3c(c(=O)[nH]2)CCN(Cc2nccn2C)C3)C[C@@H](C)O1. The van der Waals surface area contributed by atoms with Crippen molar-refractivity contribution >= 4 is 5.95 Å². The van der Waals surface area contributed by atoms with Gasteiger partial charge in [0.2, 0.25) is 5.95 Å². The Bertz CT molecular complexity index is 834. The predicted octanol–water partition coefficient (Wildman–Crippen LogP) is 0.675. The Labute approximate surface area is 152 Å². The molecule has 1 N–H and O–H groups in total. The average molecular weight is 358 g/mol. The molecule has 0 amide bonds.